The van der Waals surface area contributed by atoms with E-state index in [0.717, 1.165) is 36.8 Å². The summed E-state index contributed by atoms with van der Waals surface area (Å²) in [6.45, 7) is 2.52. The van der Waals surface area contributed by atoms with Gasteiger partial charge in [0, 0.05) is 56.1 Å². The van der Waals surface area contributed by atoms with Crippen molar-refractivity contribution in [1.29, 1.82) is 0 Å². The molecule has 6 fully saturated rings. The van der Waals surface area contributed by atoms with Crippen LogP contribution in [0, 0.1) is 35.3 Å². The first-order valence-electron chi connectivity index (χ1n) is 34.4. The third-order valence-electron chi connectivity index (χ3n) is 20.0. The molecule has 5 heterocycles. The molecule has 3 saturated heterocycles. The molecule has 2 aromatic heterocycles. The maximum atomic E-state index is 14.3. The van der Waals surface area contributed by atoms with E-state index in [1.165, 1.54) is 67.3 Å². The van der Waals surface area contributed by atoms with Gasteiger partial charge in [0.2, 0.25) is 17.7 Å². The highest BCUT2D eigenvalue weighted by Crippen LogP contribution is 2.42. The summed E-state index contributed by atoms with van der Waals surface area (Å²) in [5, 5.41) is 141. The number of carbonyl (C=O) groups is 5. The summed E-state index contributed by atoms with van der Waals surface area (Å²) in [7, 11) is 0. The van der Waals surface area contributed by atoms with Crippen LogP contribution in [0.1, 0.15) is 103 Å². The van der Waals surface area contributed by atoms with Crippen LogP contribution in [0.4, 0.5) is 13.6 Å². The molecule has 2 aromatic carbocycles. The number of carbonyl (C=O) groups excluding carboxylic acids is 4. The van der Waals surface area contributed by atoms with E-state index in [1.807, 2.05) is 6.92 Å². The zero-order chi connectivity index (χ0) is 72.3. The number of aliphatic carboxylic acids is 1. The molecule has 3 aliphatic carbocycles. The summed E-state index contributed by atoms with van der Waals surface area (Å²) >= 11 is 0. The minimum Gasteiger partial charge on any atom is -0.479 e. The lowest BCUT2D eigenvalue weighted by atomic mass is 9.75. The molecule has 35 heteroatoms. The van der Waals surface area contributed by atoms with Crippen molar-refractivity contribution in [1.82, 2.24) is 56.6 Å². The van der Waals surface area contributed by atoms with Crippen LogP contribution in [0.2, 0.25) is 0 Å². The topological polar surface area (TPSA) is 474 Å². The molecule has 24 atom stereocenters. The number of nitrogens with zero attached hydrogens (tertiary/aromatic N) is 6. The number of carboxylic acids is 1. The van der Waals surface area contributed by atoms with Crippen molar-refractivity contribution in [3.63, 3.8) is 0 Å². The molecule has 0 bridgehead atoms. The molecular formula is C66H93F2N11O22. The van der Waals surface area contributed by atoms with E-state index in [4.69, 9.17) is 33.2 Å². The number of halogens is 2. The van der Waals surface area contributed by atoms with Gasteiger partial charge in [0.1, 0.15) is 96.1 Å². The van der Waals surface area contributed by atoms with Crippen molar-refractivity contribution < 1.29 is 117 Å². The van der Waals surface area contributed by atoms with E-state index in [1.54, 1.807) is 12.1 Å². The van der Waals surface area contributed by atoms with Crippen LogP contribution in [-0.2, 0) is 52.3 Å². The highest BCUT2D eigenvalue weighted by Gasteiger charge is 2.54. The molecule has 15 N–H and O–H groups in total. The van der Waals surface area contributed by atoms with Gasteiger partial charge < -0.3 is 111 Å². The molecule has 15 unspecified atom stereocenters. The van der Waals surface area contributed by atoms with Gasteiger partial charge in [-0.2, -0.15) is 0 Å². The molecule has 558 valence electrons. The zero-order valence-electron chi connectivity index (χ0n) is 56.0. The van der Waals surface area contributed by atoms with Crippen LogP contribution < -0.4 is 26.6 Å². The summed E-state index contributed by atoms with van der Waals surface area (Å²) in [4.78, 5) is 67.3. The standard InChI is InChI=1S/C66H93F2N11O22/c1-4-34-21-37(26-45(58(34)101-65-57(89)56(88)51(83)31(2)95-65)98-63-49(73-32(3)82)59(54(86)48(30-81)99-63)96-46(62(92)93)20-33-10-6-5-7-11-33)60(90)69-16-18-71-66(94)72-19-17-70-61(91)38-24-43(78-27-41(74-76-78)35-12-8-14-39(67)22-35)52(84)44(25-38)97-64-55(87)50(53(85)47(29-80)100-64)79-28-42(75-77-79)36-13-9-15-40(68)23-36/h8-9,12-15,22-23,27-28,31,33-34,37-38,43-59,63-65,80-81,83-89H,4-7,10-11,16-21,24-26,29-30H2,1-3H3,(H,69,90)(H,70,91)(H,73,82)(H,92,93)(H2,71,72,94)/t31?,34?,37?,38?,43?,44-,45-,46+,47?,48?,49?,50?,51-,52?,53+,54+,55?,56?,57?,58?,59?,63-,64-,65+/m1/s1. The Morgan fingerprint density at radius 3 is 1.77 bits per heavy atom. The monoisotopic (exact) mass is 1430 g/mol. The van der Waals surface area contributed by atoms with Crippen molar-refractivity contribution >= 4 is 29.7 Å². The number of amides is 5. The van der Waals surface area contributed by atoms with Crippen LogP contribution >= 0.6 is 0 Å². The maximum Gasteiger partial charge on any atom is 0.332 e. The number of ether oxygens (including phenoxy) is 7. The van der Waals surface area contributed by atoms with Crippen molar-refractivity contribution in [3.05, 3.63) is 72.6 Å². The quantitative estimate of drug-likeness (QED) is 0.0312. The predicted octanol–water partition coefficient (Wildman–Crippen LogP) is -1.18. The molecule has 3 saturated carbocycles. The number of benzene rings is 2. The van der Waals surface area contributed by atoms with Gasteiger partial charge in [0.25, 0.3) is 0 Å². The number of aliphatic hydroxyl groups is 9. The first-order chi connectivity index (χ1) is 48.4. The minimum absolute atomic E-state index is 0.0122. The summed E-state index contributed by atoms with van der Waals surface area (Å²) in [5.41, 5.74) is 1.14. The van der Waals surface area contributed by atoms with E-state index in [-0.39, 0.29) is 75.6 Å². The molecule has 3 aliphatic heterocycles. The molecule has 101 heavy (non-hydrogen) atoms. The maximum absolute atomic E-state index is 14.3. The summed E-state index contributed by atoms with van der Waals surface area (Å²) in [6, 6.07) is 6.59. The number of hydrogen-bond donors (Lipinski definition) is 15. The second-order valence-corrected chi connectivity index (χ2v) is 27.0. The van der Waals surface area contributed by atoms with Crippen LogP contribution in [0.15, 0.2) is 60.9 Å². The third-order valence-corrected chi connectivity index (χ3v) is 20.0. The largest absolute Gasteiger partial charge is 0.479 e. The van der Waals surface area contributed by atoms with E-state index in [9.17, 15) is 83.8 Å². The van der Waals surface area contributed by atoms with Gasteiger partial charge in [-0.05, 0) is 75.1 Å². The molecule has 4 aromatic rings. The van der Waals surface area contributed by atoms with E-state index < -0.39 is 201 Å². The lowest BCUT2D eigenvalue weighted by Gasteiger charge is -2.49. The molecule has 5 amide bonds. The average molecular weight is 1430 g/mol. The van der Waals surface area contributed by atoms with Gasteiger partial charge in [-0.15, -0.1) is 10.2 Å². The minimum atomic E-state index is -1.75. The van der Waals surface area contributed by atoms with E-state index >= 15 is 0 Å². The Balaban J connectivity index is 0.765. The molecule has 33 nitrogen and oxygen atoms in total. The van der Waals surface area contributed by atoms with E-state index in [0.29, 0.717) is 17.5 Å². The smallest absolute Gasteiger partial charge is 0.332 e. The number of rotatable bonds is 27. The van der Waals surface area contributed by atoms with Gasteiger partial charge in [0.15, 0.2) is 25.0 Å². The van der Waals surface area contributed by atoms with Gasteiger partial charge >= 0.3 is 12.0 Å². The molecule has 0 radical (unpaired) electrons. The second-order valence-electron chi connectivity index (χ2n) is 27.0. The third kappa shape index (κ3) is 18.7. The Morgan fingerprint density at radius 2 is 1.18 bits per heavy atom. The van der Waals surface area contributed by atoms with Crippen molar-refractivity contribution in [2.24, 2.45) is 23.7 Å². The average Bonchev–Trinajstić information content (AvgIpc) is 1.73. The molecule has 0 spiro atoms. The van der Waals surface area contributed by atoms with Gasteiger partial charge in [-0.3, -0.25) is 14.4 Å². The normalized spacial score (nSPS) is 34.3. The second kappa shape index (κ2) is 35.0. The van der Waals surface area contributed by atoms with Crippen molar-refractivity contribution in [2.45, 2.75) is 220 Å². The Hall–Kier alpha value is -6.91. The fraction of sp³-hybridized carbons (Fsp3) is 0.682. The first kappa shape index (κ1) is 76.7. The number of urea groups is 1. The molecule has 6 aliphatic rings. The molecular weight excluding hydrogens is 1340 g/mol. The Kier molecular flexibility index (Phi) is 26.6. The van der Waals surface area contributed by atoms with Crippen molar-refractivity contribution in [3.8, 4) is 22.5 Å². The Bertz CT molecular complexity index is 3390. The van der Waals surface area contributed by atoms with Crippen LogP contribution in [0.5, 0.6) is 0 Å². The Morgan fingerprint density at radius 1 is 0.624 bits per heavy atom. The summed E-state index contributed by atoms with van der Waals surface area (Å²) in [5.74, 6) is -6.40. The first-order valence-corrected chi connectivity index (χ1v) is 34.4. The lowest BCUT2D eigenvalue weighted by molar-refractivity contribution is -0.338. The van der Waals surface area contributed by atoms with Crippen molar-refractivity contribution in [2.75, 3.05) is 39.4 Å². The zero-order valence-corrected chi connectivity index (χ0v) is 56.0. The van der Waals surface area contributed by atoms with Gasteiger partial charge in [-0.25, -0.2) is 27.7 Å². The number of aliphatic hydroxyl groups excluding tert-OH is 9. The number of nitrogens with one attached hydrogen (secondary N) is 5. The van der Waals surface area contributed by atoms with Crippen LogP contribution in [-0.4, -0.2) is 267 Å². The van der Waals surface area contributed by atoms with E-state index in [2.05, 4.69) is 47.2 Å². The summed E-state index contributed by atoms with van der Waals surface area (Å²) < 4.78 is 74.4. The summed E-state index contributed by atoms with van der Waals surface area (Å²) in [6.07, 6.45) is -19.0. The number of hydrogen-bond acceptors (Lipinski definition) is 25. The fourth-order valence-corrected chi connectivity index (χ4v) is 14.5. The Labute approximate surface area is 579 Å². The predicted molar refractivity (Wildman–Crippen MR) is 343 cm³/mol. The highest BCUT2D eigenvalue weighted by atomic mass is 19.1. The highest BCUT2D eigenvalue weighted by molar-refractivity contribution is 5.80. The van der Waals surface area contributed by atoms with Crippen LogP contribution in [0.3, 0.4) is 0 Å². The number of carboxylic acid groups (broad SMARTS) is 1. The fourth-order valence-electron chi connectivity index (χ4n) is 14.5. The van der Waals surface area contributed by atoms with Gasteiger partial charge in [-0.1, -0.05) is 80.1 Å². The van der Waals surface area contributed by atoms with Gasteiger partial charge in [0.05, 0.1) is 56.1 Å². The number of aromatic nitrogens is 6. The SMILES string of the molecule is CCC1CC(C(=O)NCCNC(=O)NCCNC(=O)C2CC(n3cc(-c4cccc(F)c4)nn3)C(O)[C@H](O[C@@H]3OC(CO)[C@H](O)C(n4cc(-c5cccc(F)c5)nn4)C3O)C2)C[C@@H](O[C@@H]2OC(CO)[C@H](O)C(O[C@@H](CC3CCCCC3)C(=O)O)C2NC(C)=O)C1O[C@@H]1OC(C)[C@@H](O)C(O)C1O. The lowest BCUT2D eigenvalue weighted by Crippen LogP contribution is -2.67. The van der Waals surface area contributed by atoms with Crippen LogP contribution in [0.25, 0.3) is 22.5 Å². The molecule has 10 rings (SSSR count).